The largest absolute Gasteiger partial charge is 0.298 e. The van der Waals surface area contributed by atoms with E-state index in [1.54, 1.807) is 22.7 Å². The molecule has 0 aliphatic carbocycles. The van der Waals surface area contributed by atoms with Gasteiger partial charge in [0.1, 0.15) is 0 Å². The summed E-state index contributed by atoms with van der Waals surface area (Å²) in [7, 11) is 0. The Hall–Kier alpha value is -1.13. The van der Waals surface area contributed by atoms with Crippen LogP contribution in [0.4, 0.5) is 0 Å². The monoisotopic (exact) mass is 333 g/mol. The van der Waals surface area contributed by atoms with Gasteiger partial charge in [-0.25, -0.2) is 0 Å². The zero-order valence-electron chi connectivity index (χ0n) is 11.6. The first-order chi connectivity index (χ1) is 10.2. The van der Waals surface area contributed by atoms with Crippen molar-refractivity contribution >= 4 is 34.3 Å². The van der Waals surface area contributed by atoms with Gasteiger partial charge in [-0.1, -0.05) is 48.0 Å². The van der Waals surface area contributed by atoms with Crippen molar-refractivity contribution in [1.82, 2.24) is 5.32 Å². The molecule has 0 saturated carbocycles. The third-order valence-corrected chi connectivity index (χ3v) is 5.66. The molecule has 0 fully saturated rings. The van der Waals surface area contributed by atoms with Gasteiger partial charge in [-0.05, 0) is 36.1 Å². The van der Waals surface area contributed by atoms with Crippen LogP contribution in [0.3, 0.4) is 0 Å². The summed E-state index contributed by atoms with van der Waals surface area (Å²) < 4.78 is 0.834. The van der Waals surface area contributed by atoms with E-state index in [2.05, 4.69) is 60.1 Å². The molecule has 1 N–H and O–H groups in total. The van der Waals surface area contributed by atoms with Crippen LogP contribution in [0.5, 0.6) is 0 Å². The average molecular weight is 334 g/mol. The number of halogens is 1. The van der Waals surface area contributed by atoms with Crippen LogP contribution >= 0.6 is 34.3 Å². The molecule has 0 saturated heterocycles. The van der Waals surface area contributed by atoms with Gasteiger partial charge in [-0.3, -0.25) is 5.32 Å². The van der Waals surface area contributed by atoms with Crippen LogP contribution in [0.25, 0.3) is 0 Å². The molecule has 3 aromatic rings. The summed E-state index contributed by atoms with van der Waals surface area (Å²) >= 11 is 9.53. The summed E-state index contributed by atoms with van der Waals surface area (Å²) in [6.07, 6.45) is 0. The van der Waals surface area contributed by atoms with Crippen LogP contribution < -0.4 is 5.32 Å². The minimum atomic E-state index is 0.192. The van der Waals surface area contributed by atoms with Gasteiger partial charge in [0.2, 0.25) is 0 Å². The van der Waals surface area contributed by atoms with Crippen LogP contribution in [0.2, 0.25) is 4.34 Å². The maximum atomic E-state index is 6.11. The Morgan fingerprint density at radius 2 is 1.76 bits per heavy atom. The predicted molar refractivity (Wildman–Crippen MR) is 93.5 cm³/mol. The smallest absolute Gasteiger partial charge is 0.0931 e. The molecule has 1 aromatic carbocycles. The first kappa shape index (κ1) is 14.8. The van der Waals surface area contributed by atoms with Gasteiger partial charge in [0.15, 0.2) is 0 Å². The fourth-order valence-electron chi connectivity index (χ4n) is 2.33. The van der Waals surface area contributed by atoms with Crippen LogP contribution in [0, 0.1) is 0 Å². The lowest BCUT2D eigenvalue weighted by Gasteiger charge is -2.22. The molecular formula is C17H16ClNS2. The first-order valence-electron chi connectivity index (χ1n) is 6.83. The second-order valence-electron chi connectivity index (χ2n) is 4.89. The summed E-state index contributed by atoms with van der Waals surface area (Å²) in [5, 5.41) is 5.84. The molecule has 2 unspecified atom stereocenters. The Kier molecular flexibility index (Phi) is 4.76. The summed E-state index contributed by atoms with van der Waals surface area (Å²) in [4.78, 5) is 2.57. The highest BCUT2D eigenvalue weighted by atomic mass is 35.5. The van der Waals surface area contributed by atoms with Crippen LogP contribution in [-0.4, -0.2) is 0 Å². The third-order valence-electron chi connectivity index (χ3n) is 3.42. The van der Waals surface area contributed by atoms with Gasteiger partial charge in [0, 0.05) is 15.8 Å². The highest BCUT2D eigenvalue weighted by Crippen LogP contribution is 2.34. The van der Waals surface area contributed by atoms with Gasteiger partial charge < -0.3 is 0 Å². The van der Waals surface area contributed by atoms with Crippen molar-refractivity contribution in [3.8, 4) is 0 Å². The Labute approximate surface area is 138 Å². The molecule has 21 heavy (non-hydrogen) atoms. The number of thiophene rings is 2. The lowest BCUT2D eigenvalue weighted by Crippen LogP contribution is -2.24. The molecular weight excluding hydrogens is 318 g/mol. The highest BCUT2D eigenvalue weighted by molar-refractivity contribution is 7.16. The van der Waals surface area contributed by atoms with Gasteiger partial charge in [-0.15, -0.1) is 22.7 Å². The topological polar surface area (TPSA) is 12.0 Å². The predicted octanol–water partition coefficient (Wildman–Crippen LogP) is 5.90. The Bertz CT molecular complexity index is 676. The summed E-state index contributed by atoms with van der Waals surface area (Å²) in [5.74, 6) is 0. The molecule has 0 aliphatic heterocycles. The second-order valence-corrected chi connectivity index (χ2v) is 7.62. The number of benzene rings is 1. The van der Waals surface area contributed by atoms with E-state index in [0.717, 1.165) is 4.34 Å². The van der Waals surface area contributed by atoms with Crippen LogP contribution in [0.15, 0.2) is 60.0 Å². The lowest BCUT2D eigenvalue weighted by atomic mass is 10.1. The first-order valence-corrected chi connectivity index (χ1v) is 8.91. The summed E-state index contributed by atoms with van der Waals surface area (Å²) in [6.45, 7) is 2.20. The van der Waals surface area contributed by atoms with E-state index >= 15 is 0 Å². The van der Waals surface area contributed by atoms with Gasteiger partial charge in [-0.2, -0.15) is 0 Å². The van der Waals surface area contributed by atoms with Crippen molar-refractivity contribution in [1.29, 1.82) is 0 Å². The fourth-order valence-corrected chi connectivity index (χ4v) is 4.35. The quantitative estimate of drug-likeness (QED) is 0.612. The third kappa shape index (κ3) is 3.55. The van der Waals surface area contributed by atoms with Crippen LogP contribution in [0.1, 0.15) is 34.3 Å². The molecule has 0 amide bonds. The van der Waals surface area contributed by atoms with Gasteiger partial charge in [0.25, 0.3) is 0 Å². The van der Waals surface area contributed by atoms with Crippen molar-refractivity contribution in [3.63, 3.8) is 0 Å². The van der Waals surface area contributed by atoms with E-state index < -0.39 is 0 Å². The zero-order valence-corrected chi connectivity index (χ0v) is 14.0. The van der Waals surface area contributed by atoms with Crippen molar-refractivity contribution in [2.45, 2.75) is 19.0 Å². The fraction of sp³-hybridized carbons (Fsp3) is 0.176. The molecule has 0 bridgehead atoms. The van der Waals surface area contributed by atoms with Crippen molar-refractivity contribution in [2.75, 3.05) is 0 Å². The standard InChI is InChI=1S/C17H16ClNS2/c1-12(13-6-3-2-4-7-13)19-17(14-8-5-11-20-14)15-9-10-16(18)21-15/h2-12,17,19H,1H3. The lowest BCUT2D eigenvalue weighted by molar-refractivity contribution is 0.526. The van der Waals surface area contributed by atoms with Crippen LogP contribution in [-0.2, 0) is 0 Å². The van der Waals surface area contributed by atoms with E-state index in [9.17, 15) is 0 Å². The molecule has 0 radical (unpaired) electrons. The molecule has 2 heterocycles. The van der Waals surface area contributed by atoms with Crippen molar-refractivity contribution < 1.29 is 0 Å². The average Bonchev–Trinajstić information content (AvgIpc) is 3.17. The Morgan fingerprint density at radius 3 is 2.38 bits per heavy atom. The van der Waals surface area contributed by atoms with E-state index in [4.69, 9.17) is 11.6 Å². The number of hydrogen-bond donors (Lipinski definition) is 1. The van der Waals surface area contributed by atoms with E-state index in [0.29, 0.717) is 0 Å². The molecule has 108 valence electrons. The van der Waals surface area contributed by atoms with E-state index in [1.807, 2.05) is 12.1 Å². The minimum Gasteiger partial charge on any atom is -0.298 e. The van der Waals surface area contributed by atoms with Gasteiger partial charge in [0.05, 0.1) is 10.4 Å². The molecule has 3 rings (SSSR count). The van der Waals surface area contributed by atoms with E-state index in [-0.39, 0.29) is 12.1 Å². The second kappa shape index (κ2) is 6.75. The maximum Gasteiger partial charge on any atom is 0.0931 e. The van der Waals surface area contributed by atoms with Crippen molar-refractivity contribution in [3.05, 3.63) is 79.6 Å². The van der Waals surface area contributed by atoms with E-state index in [1.165, 1.54) is 15.3 Å². The number of hydrogen-bond acceptors (Lipinski definition) is 3. The highest BCUT2D eigenvalue weighted by Gasteiger charge is 2.19. The molecule has 4 heteroatoms. The van der Waals surface area contributed by atoms with Gasteiger partial charge >= 0.3 is 0 Å². The number of nitrogens with one attached hydrogen (secondary N) is 1. The molecule has 1 nitrogen and oxygen atoms in total. The minimum absolute atomic E-state index is 0.192. The summed E-state index contributed by atoms with van der Waals surface area (Å²) in [6, 6.07) is 19.3. The molecule has 0 aliphatic rings. The summed E-state index contributed by atoms with van der Waals surface area (Å²) in [5.41, 5.74) is 1.29. The van der Waals surface area contributed by atoms with Crippen molar-refractivity contribution in [2.24, 2.45) is 0 Å². The Balaban J connectivity index is 1.86. The normalized spacial score (nSPS) is 14.0. The zero-order chi connectivity index (χ0) is 14.7. The SMILES string of the molecule is CC(NC(c1cccs1)c1ccc(Cl)s1)c1ccccc1. The Morgan fingerprint density at radius 1 is 0.952 bits per heavy atom. The number of rotatable bonds is 5. The maximum absolute atomic E-state index is 6.11. The molecule has 2 atom stereocenters. The molecule has 2 aromatic heterocycles. The molecule has 0 spiro atoms.